The van der Waals surface area contributed by atoms with E-state index < -0.39 is 0 Å². The highest BCUT2D eigenvalue weighted by Crippen LogP contribution is 2.17. The minimum absolute atomic E-state index is 0.152. The molecular formula is C16H21N3O2S. The molecular weight excluding hydrogens is 298 g/mol. The largest absolute Gasteiger partial charge is 0.342 e. The van der Waals surface area contributed by atoms with E-state index in [4.69, 9.17) is 5.26 Å². The molecule has 1 N–H and O–H groups in total. The van der Waals surface area contributed by atoms with Gasteiger partial charge in [0.25, 0.3) is 5.56 Å². The van der Waals surface area contributed by atoms with Gasteiger partial charge in [0.2, 0.25) is 5.91 Å². The summed E-state index contributed by atoms with van der Waals surface area (Å²) in [6, 6.07) is 1.95. The first-order chi connectivity index (χ1) is 10.5. The summed E-state index contributed by atoms with van der Waals surface area (Å²) in [5, 5.41) is 9.08. The van der Waals surface area contributed by atoms with Crippen molar-refractivity contribution in [2.75, 3.05) is 24.6 Å². The minimum atomic E-state index is -0.350. The number of aromatic nitrogens is 1. The zero-order valence-corrected chi connectivity index (χ0v) is 13.9. The number of thioether (sulfide) groups is 1. The first-order valence-electron chi connectivity index (χ1n) is 7.52. The Morgan fingerprint density at radius 1 is 1.36 bits per heavy atom. The van der Waals surface area contributed by atoms with Gasteiger partial charge in [-0.2, -0.15) is 17.0 Å². The Morgan fingerprint density at radius 3 is 2.86 bits per heavy atom. The molecule has 0 atom stereocenters. The topological polar surface area (TPSA) is 77.0 Å². The third-order valence-corrected chi connectivity index (χ3v) is 5.13. The number of hydrogen-bond donors (Lipinski definition) is 1. The van der Waals surface area contributed by atoms with Gasteiger partial charge in [-0.1, -0.05) is 0 Å². The zero-order valence-electron chi connectivity index (χ0n) is 13.1. The predicted octanol–water partition coefficient (Wildman–Crippen LogP) is 1.76. The van der Waals surface area contributed by atoms with Gasteiger partial charge in [0.15, 0.2) is 0 Å². The van der Waals surface area contributed by atoms with Gasteiger partial charge in [-0.3, -0.25) is 9.59 Å². The Morgan fingerprint density at radius 2 is 2.14 bits per heavy atom. The molecule has 0 bridgehead atoms. The second-order valence-electron chi connectivity index (χ2n) is 5.52. The fourth-order valence-electron chi connectivity index (χ4n) is 2.81. The van der Waals surface area contributed by atoms with Crippen molar-refractivity contribution in [1.82, 2.24) is 9.88 Å². The molecule has 1 amide bonds. The van der Waals surface area contributed by atoms with Crippen LogP contribution in [0.5, 0.6) is 0 Å². The van der Waals surface area contributed by atoms with Gasteiger partial charge in [-0.05, 0) is 43.6 Å². The van der Waals surface area contributed by atoms with Crippen LogP contribution in [0.15, 0.2) is 4.79 Å². The summed E-state index contributed by atoms with van der Waals surface area (Å²) in [5.74, 6) is 2.28. The molecule has 1 aromatic heterocycles. The highest BCUT2D eigenvalue weighted by Gasteiger charge is 2.18. The van der Waals surface area contributed by atoms with Crippen LogP contribution in [0.4, 0.5) is 0 Å². The number of pyridine rings is 1. The third kappa shape index (κ3) is 3.72. The van der Waals surface area contributed by atoms with E-state index in [1.54, 1.807) is 6.92 Å². The molecule has 2 heterocycles. The van der Waals surface area contributed by atoms with Crippen LogP contribution in [-0.4, -0.2) is 40.4 Å². The Labute approximate surface area is 134 Å². The average Bonchev–Trinajstić information content (AvgIpc) is 2.76. The van der Waals surface area contributed by atoms with E-state index in [0.717, 1.165) is 42.3 Å². The van der Waals surface area contributed by atoms with Crippen LogP contribution in [0.2, 0.25) is 0 Å². The van der Waals surface area contributed by atoms with Gasteiger partial charge in [0.1, 0.15) is 11.6 Å². The van der Waals surface area contributed by atoms with Gasteiger partial charge in [-0.15, -0.1) is 0 Å². The Kier molecular flexibility index (Phi) is 5.67. The van der Waals surface area contributed by atoms with Crippen molar-refractivity contribution in [3.63, 3.8) is 0 Å². The number of nitrogens with zero attached hydrogens (tertiary/aromatic N) is 2. The number of H-pyrrole nitrogens is 1. The maximum atomic E-state index is 12.3. The molecule has 1 aromatic rings. The molecule has 6 heteroatoms. The van der Waals surface area contributed by atoms with Crippen LogP contribution < -0.4 is 5.56 Å². The quantitative estimate of drug-likeness (QED) is 0.921. The summed E-state index contributed by atoms with van der Waals surface area (Å²) in [7, 11) is 0. The number of amides is 1. The van der Waals surface area contributed by atoms with E-state index in [-0.39, 0.29) is 17.0 Å². The normalized spacial score (nSPS) is 15.2. The highest BCUT2D eigenvalue weighted by atomic mass is 32.2. The van der Waals surface area contributed by atoms with Crippen LogP contribution >= 0.6 is 11.8 Å². The molecule has 0 saturated carbocycles. The molecule has 0 aliphatic carbocycles. The van der Waals surface area contributed by atoms with Crippen LogP contribution in [0.1, 0.15) is 35.2 Å². The lowest BCUT2D eigenvalue weighted by atomic mass is 9.99. The van der Waals surface area contributed by atoms with Crippen LogP contribution in [0.3, 0.4) is 0 Å². The number of carbonyl (C=O) groups is 1. The van der Waals surface area contributed by atoms with Gasteiger partial charge in [0.05, 0.1) is 0 Å². The molecule has 1 saturated heterocycles. The van der Waals surface area contributed by atoms with Gasteiger partial charge >= 0.3 is 0 Å². The van der Waals surface area contributed by atoms with Crippen molar-refractivity contribution in [2.24, 2.45) is 0 Å². The van der Waals surface area contributed by atoms with E-state index in [1.807, 2.05) is 29.7 Å². The fraction of sp³-hybridized carbons (Fsp3) is 0.562. The third-order valence-electron chi connectivity index (χ3n) is 4.08. The lowest BCUT2D eigenvalue weighted by molar-refractivity contribution is -0.130. The lowest BCUT2D eigenvalue weighted by Gasteiger charge is -2.20. The lowest BCUT2D eigenvalue weighted by Crippen LogP contribution is -2.33. The Bertz CT molecular complexity index is 653. The van der Waals surface area contributed by atoms with Gasteiger partial charge in [-0.25, -0.2) is 0 Å². The number of carbonyl (C=O) groups excluding carboxylic acids is 1. The van der Waals surface area contributed by atoms with Crippen molar-refractivity contribution >= 4 is 17.7 Å². The van der Waals surface area contributed by atoms with Crippen molar-refractivity contribution in [2.45, 2.75) is 33.1 Å². The number of aromatic amines is 1. The van der Waals surface area contributed by atoms with Crippen molar-refractivity contribution < 1.29 is 4.79 Å². The van der Waals surface area contributed by atoms with E-state index in [9.17, 15) is 9.59 Å². The van der Waals surface area contributed by atoms with Crippen LogP contribution in [0.25, 0.3) is 0 Å². The molecule has 0 spiro atoms. The van der Waals surface area contributed by atoms with E-state index in [0.29, 0.717) is 18.4 Å². The number of nitriles is 1. The van der Waals surface area contributed by atoms with Gasteiger partial charge < -0.3 is 9.88 Å². The van der Waals surface area contributed by atoms with Crippen molar-refractivity contribution in [1.29, 1.82) is 5.26 Å². The van der Waals surface area contributed by atoms with Crippen LogP contribution in [0, 0.1) is 25.2 Å². The summed E-state index contributed by atoms with van der Waals surface area (Å²) >= 11 is 1.89. The Balaban J connectivity index is 2.10. The molecule has 1 fully saturated rings. The van der Waals surface area contributed by atoms with Gasteiger partial charge in [0, 0.05) is 31.0 Å². The molecule has 2 rings (SSSR count). The van der Waals surface area contributed by atoms with Crippen molar-refractivity contribution in [3.8, 4) is 6.07 Å². The minimum Gasteiger partial charge on any atom is -0.342 e. The van der Waals surface area contributed by atoms with E-state index in [2.05, 4.69) is 4.98 Å². The first kappa shape index (κ1) is 16.6. The second-order valence-corrected chi connectivity index (χ2v) is 6.74. The average molecular weight is 319 g/mol. The number of hydrogen-bond acceptors (Lipinski definition) is 4. The number of nitrogens with one attached hydrogen (secondary N) is 1. The van der Waals surface area contributed by atoms with Crippen LogP contribution in [-0.2, 0) is 11.2 Å². The molecule has 0 radical (unpaired) electrons. The summed E-state index contributed by atoms with van der Waals surface area (Å²) in [4.78, 5) is 28.7. The molecule has 0 unspecified atom stereocenters. The summed E-state index contributed by atoms with van der Waals surface area (Å²) < 4.78 is 0. The SMILES string of the molecule is Cc1[nH]c(=O)c(C#N)c(C)c1CCC(=O)N1CCCSCC1. The van der Waals surface area contributed by atoms with E-state index in [1.165, 1.54) is 0 Å². The predicted molar refractivity (Wildman–Crippen MR) is 88.1 cm³/mol. The molecule has 1 aliphatic rings. The molecule has 1 aliphatic heterocycles. The standard InChI is InChI=1S/C16H21N3O2S/c1-11-13(12(2)18-16(21)14(11)10-17)4-5-15(20)19-6-3-8-22-9-7-19/h3-9H2,1-2H3,(H,18,21). The summed E-state index contributed by atoms with van der Waals surface area (Å²) in [6.45, 7) is 5.25. The first-order valence-corrected chi connectivity index (χ1v) is 8.68. The second kappa shape index (κ2) is 7.50. The highest BCUT2D eigenvalue weighted by molar-refractivity contribution is 7.99. The van der Waals surface area contributed by atoms with E-state index >= 15 is 0 Å². The number of rotatable bonds is 3. The summed E-state index contributed by atoms with van der Waals surface area (Å²) in [5.41, 5.74) is 2.16. The summed E-state index contributed by atoms with van der Waals surface area (Å²) in [6.07, 6.45) is 2.03. The fourth-order valence-corrected chi connectivity index (χ4v) is 3.69. The number of aryl methyl sites for hydroxylation is 1. The smallest absolute Gasteiger partial charge is 0.266 e. The zero-order chi connectivity index (χ0) is 16.1. The molecule has 0 aromatic carbocycles. The molecule has 22 heavy (non-hydrogen) atoms. The molecule has 118 valence electrons. The Hall–Kier alpha value is -1.74. The molecule has 5 nitrogen and oxygen atoms in total. The van der Waals surface area contributed by atoms with Crippen molar-refractivity contribution in [3.05, 3.63) is 32.7 Å². The monoisotopic (exact) mass is 319 g/mol. The maximum Gasteiger partial charge on any atom is 0.266 e. The maximum absolute atomic E-state index is 12.3.